The average molecular weight is 392 g/mol. The zero-order chi connectivity index (χ0) is 20.4. The molecule has 0 unspecified atom stereocenters. The van der Waals surface area contributed by atoms with Gasteiger partial charge in [0.2, 0.25) is 0 Å². The predicted molar refractivity (Wildman–Crippen MR) is 111 cm³/mol. The molecular formula is C23H24N2O4. The predicted octanol–water partition coefficient (Wildman–Crippen LogP) is 3.52. The number of hydrogen-bond acceptors (Lipinski definition) is 5. The van der Waals surface area contributed by atoms with Gasteiger partial charge in [0.05, 0.1) is 37.1 Å². The Morgan fingerprint density at radius 3 is 2.48 bits per heavy atom. The van der Waals surface area contributed by atoms with E-state index in [9.17, 15) is 9.90 Å². The minimum atomic E-state index is -0.324. The number of benzene rings is 2. The molecule has 0 bridgehead atoms. The Bertz CT molecular complexity index is 1040. The first-order chi connectivity index (χ1) is 14.1. The van der Waals surface area contributed by atoms with Crippen molar-refractivity contribution in [3.05, 3.63) is 54.1 Å². The molecule has 4 rings (SSSR count). The molecule has 1 N–H and O–H groups in total. The molecule has 1 aliphatic rings. The molecule has 1 saturated heterocycles. The standard InChI is InChI=1S/C23H24N2O4/c1-28-21-8-7-15(13-22(21)29-2)20-14-18(17-5-3-4-6-19(17)24-20)23(27)25-11-9-16(26)10-12-25/h3-8,13-14,16,26H,9-12H2,1-2H3. The summed E-state index contributed by atoms with van der Waals surface area (Å²) in [7, 11) is 3.19. The van der Waals surface area contributed by atoms with Crippen LogP contribution in [0.2, 0.25) is 0 Å². The van der Waals surface area contributed by atoms with E-state index in [-0.39, 0.29) is 12.0 Å². The normalized spacial score (nSPS) is 14.8. The summed E-state index contributed by atoms with van der Waals surface area (Å²) in [5, 5.41) is 10.6. The van der Waals surface area contributed by atoms with Crippen LogP contribution in [0.25, 0.3) is 22.2 Å². The maximum atomic E-state index is 13.3. The summed E-state index contributed by atoms with van der Waals surface area (Å²) in [5.74, 6) is 1.22. The summed E-state index contributed by atoms with van der Waals surface area (Å²) in [6.45, 7) is 1.12. The van der Waals surface area contributed by atoms with E-state index in [0.29, 0.717) is 48.7 Å². The smallest absolute Gasteiger partial charge is 0.254 e. The van der Waals surface area contributed by atoms with Crippen LogP contribution in [0.5, 0.6) is 11.5 Å². The summed E-state index contributed by atoms with van der Waals surface area (Å²) in [6.07, 6.45) is 0.893. The summed E-state index contributed by atoms with van der Waals surface area (Å²) >= 11 is 0. The lowest BCUT2D eigenvalue weighted by Gasteiger charge is -2.30. The second-order valence-electron chi connectivity index (χ2n) is 7.17. The number of amides is 1. The van der Waals surface area contributed by atoms with Gasteiger partial charge in [0.1, 0.15) is 0 Å². The summed E-state index contributed by atoms with van der Waals surface area (Å²) < 4.78 is 10.7. The number of carbonyl (C=O) groups excluding carboxylic acids is 1. The molecule has 6 heteroatoms. The average Bonchev–Trinajstić information content (AvgIpc) is 2.77. The Hall–Kier alpha value is -3.12. The Balaban J connectivity index is 1.80. The minimum Gasteiger partial charge on any atom is -0.493 e. The lowest BCUT2D eigenvalue weighted by molar-refractivity contribution is 0.0548. The Kier molecular flexibility index (Phi) is 5.36. The van der Waals surface area contributed by atoms with Crippen LogP contribution in [0.15, 0.2) is 48.5 Å². The zero-order valence-electron chi connectivity index (χ0n) is 16.6. The molecule has 3 aromatic rings. The minimum absolute atomic E-state index is 0.0303. The van der Waals surface area contributed by atoms with Crippen LogP contribution in [0.3, 0.4) is 0 Å². The van der Waals surface area contributed by atoms with E-state index in [1.807, 2.05) is 53.4 Å². The molecule has 2 heterocycles. The summed E-state index contributed by atoms with van der Waals surface area (Å²) in [5.41, 5.74) is 2.93. The molecule has 0 atom stereocenters. The Morgan fingerprint density at radius 1 is 1.03 bits per heavy atom. The Labute approximate surface area is 169 Å². The first-order valence-corrected chi connectivity index (χ1v) is 9.70. The van der Waals surface area contributed by atoms with Gasteiger partial charge >= 0.3 is 0 Å². The topological polar surface area (TPSA) is 71.9 Å². The maximum Gasteiger partial charge on any atom is 0.254 e. The van der Waals surface area contributed by atoms with Gasteiger partial charge in [-0.3, -0.25) is 4.79 Å². The van der Waals surface area contributed by atoms with Crippen molar-refractivity contribution < 1.29 is 19.4 Å². The quantitative estimate of drug-likeness (QED) is 0.736. The fourth-order valence-electron chi connectivity index (χ4n) is 3.74. The van der Waals surface area contributed by atoms with Gasteiger partial charge in [0.15, 0.2) is 11.5 Å². The Morgan fingerprint density at radius 2 is 1.76 bits per heavy atom. The first kappa shape index (κ1) is 19.2. The van der Waals surface area contributed by atoms with Gasteiger partial charge in [0.25, 0.3) is 5.91 Å². The fraction of sp³-hybridized carbons (Fsp3) is 0.304. The molecule has 0 radical (unpaired) electrons. The molecule has 1 fully saturated rings. The molecular weight excluding hydrogens is 368 g/mol. The summed E-state index contributed by atoms with van der Waals surface area (Å²) in [4.78, 5) is 19.9. The number of rotatable bonds is 4. The van der Waals surface area contributed by atoms with Crippen LogP contribution < -0.4 is 9.47 Å². The molecule has 1 aromatic heterocycles. The number of nitrogens with zero attached hydrogens (tertiary/aromatic N) is 2. The van der Waals surface area contributed by atoms with Crippen molar-refractivity contribution in [2.24, 2.45) is 0 Å². The van der Waals surface area contributed by atoms with Gasteiger partial charge in [-0.1, -0.05) is 18.2 Å². The van der Waals surface area contributed by atoms with Crippen molar-refractivity contribution in [3.63, 3.8) is 0 Å². The second kappa shape index (κ2) is 8.09. The first-order valence-electron chi connectivity index (χ1n) is 9.70. The van der Waals surface area contributed by atoms with Gasteiger partial charge in [-0.05, 0) is 43.2 Å². The molecule has 0 aliphatic carbocycles. The number of aliphatic hydroxyl groups excluding tert-OH is 1. The monoisotopic (exact) mass is 392 g/mol. The van der Waals surface area contributed by atoms with Gasteiger partial charge < -0.3 is 19.5 Å². The van der Waals surface area contributed by atoms with Crippen LogP contribution in [-0.2, 0) is 0 Å². The van der Waals surface area contributed by atoms with E-state index >= 15 is 0 Å². The molecule has 6 nitrogen and oxygen atoms in total. The number of hydrogen-bond donors (Lipinski definition) is 1. The number of likely N-dealkylation sites (tertiary alicyclic amines) is 1. The number of fused-ring (bicyclic) bond motifs is 1. The number of pyridine rings is 1. The van der Waals surface area contributed by atoms with E-state index in [0.717, 1.165) is 16.5 Å². The molecule has 150 valence electrons. The van der Waals surface area contributed by atoms with Crippen molar-refractivity contribution in [2.75, 3.05) is 27.3 Å². The number of aliphatic hydroxyl groups is 1. The fourth-order valence-corrected chi connectivity index (χ4v) is 3.74. The lowest BCUT2D eigenvalue weighted by atomic mass is 10.0. The number of ether oxygens (including phenoxy) is 2. The molecule has 0 saturated carbocycles. The van der Waals surface area contributed by atoms with Gasteiger partial charge in [0, 0.05) is 24.0 Å². The second-order valence-corrected chi connectivity index (χ2v) is 7.17. The van der Waals surface area contributed by atoms with E-state index in [1.54, 1.807) is 14.2 Å². The van der Waals surface area contributed by atoms with E-state index in [2.05, 4.69) is 0 Å². The number of carbonyl (C=O) groups is 1. The maximum absolute atomic E-state index is 13.3. The van der Waals surface area contributed by atoms with Crippen LogP contribution >= 0.6 is 0 Å². The highest BCUT2D eigenvalue weighted by Gasteiger charge is 2.24. The van der Waals surface area contributed by atoms with E-state index < -0.39 is 0 Å². The van der Waals surface area contributed by atoms with Crippen molar-refractivity contribution in [1.29, 1.82) is 0 Å². The highest BCUT2D eigenvalue weighted by molar-refractivity contribution is 6.07. The summed E-state index contributed by atoms with van der Waals surface area (Å²) in [6, 6.07) is 15.1. The van der Waals surface area contributed by atoms with Crippen molar-refractivity contribution >= 4 is 16.8 Å². The number of aromatic nitrogens is 1. The highest BCUT2D eigenvalue weighted by Crippen LogP contribution is 2.33. The molecule has 1 amide bonds. The van der Waals surface area contributed by atoms with E-state index in [4.69, 9.17) is 14.5 Å². The third kappa shape index (κ3) is 3.76. The SMILES string of the molecule is COc1ccc(-c2cc(C(=O)N3CCC(O)CC3)c3ccccc3n2)cc1OC. The molecule has 0 spiro atoms. The van der Waals surface area contributed by atoms with Crippen molar-refractivity contribution in [2.45, 2.75) is 18.9 Å². The zero-order valence-corrected chi connectivity index (χ0v) is 16.6. The molecule has 1 aliphatic heterocycles. The van der Waals surface area contributed by atoms with Crippen molar-refractivity contribution in [1.82, 2.24) is 9.88 Å². The van der Waals surface area contributed by atoms with Gasteiger partial charge in [-0.15, -0.1) is 0 Å². The van der Waals surface area contributed by atoms with Crippen molar-refractivity contribution in [3.8, 4) is 22.8 Å². The lowest BCUT2D eigenvalue weighted by Crippen LogP contribution is -2.40. The van der Waals surface area contributed by atoms with E-state index in [1.165, 1.54) is 0 Å². The highest BCUT2D eigenvalue weighted by atomic mass is 16.5. The van der Waals surface area contributed by atoms with Crippen LogP contribution in [0.4, 0.5) is 0 Å². The van der Waals surface area contributed by atoms with Crippen LogP contribution in [0, 0.1) is 0 Å². The third-order valence-electron chi connectivity index (χ3n) is 5.38. The van der Waals surface area contributed by atoms with Crippen LogP contribution in [-0.4, -0.2) is 54.3 Å². The van der Waals surface area contributed by atoms with Crippen LogP contribution in [0.1, 0.15) is 23.2 Å². The number of piperidine rings is 1. The number of methoxy groups -OCH3 is 2. The van der Waals surface area contributed by atoms with Gasteiger partial charge in [-0.25, -0.2) is 4.98 Å². The largest absolute Gasteiger partial charge is 0.493 e. The molecule has 29 heavy (non-hydrogen) atoms. The number of para-hydroxylation sites is 1. The van der Waals surface area contributed by atoms with Gasteiger partial charge in [-0.2, -0.15) is 0 Å². The third-order valence-corrected chi connectivity index (χ3v) is 5.38. The molecule has 2 aromatic carbocycles.